The molecule has 0 fully saturated rings. The lowest BCUT2D eigenvalue weighted by Gasteiger charge is -2.05. The van der Waals surface area contributed by atoms with E-state index < -0.39 is 5.97 Å². The number of aromatic nitrogens is 4. The van der Waals surface area contributed by atoms with Gasteiger partial charge in [0.25, 0.3) is 0 Å². The average molecular weight is 370 g/mol. The molecule has 0 aromatic carbocycles. The Morgan fingerprint density at radius 1 is 1.36 bits per heavy atom. The average Bonchev–Trinajstić information content (AvgIpc) is 3.03. The molecule has 0 bridgehead atoms. The summed E-state index contributed by atoms with van der Waals surface area (Å²) in [5.41, 5.74) is 0.851. The lowest BCUT2D eigenvalue weighted by Crippen LogP contribution is -2.29. The van der Waals surface area contributed by atoms with Crippen molar-refractivity contribution in [3.05, 3.63) is 34.3 Å². The Kier molecular flexibility index (Phi) is 5.31. The number of carbonyl (C=O) groups is 2. The lowest BCUT2D eigenvalue weighted by atomic mass is 10.4. The van der Waals surface area contributed by atoms with Crippen LogP contribution in [0, 0.1) is 6.92 Å². The van der Waals surface area contributed by atoms with Crippen molar-refractivity contribution in [3.8, 4) is 0 Å². The second-order valence-corrected chi connectivity index (χ2v) is 5.59. The van der Waals surface area contributed by atoms with Gasteiger partial charge in [-0.25, -0.2) is 4.79 Å². The molecule has 1 amide bonds. The first-order chi connectivity index (χ1) is 10.5. The first-order valence-corrected chi connectivity index (χ1v) is 7.48. The Balaban J connectivity index is 1.70. The molecule has 0 unspecified atom stereocenters. The molecular formula is C13H16BrN5O3. The zero-order valence-corrected chi connectivity index (χ0v) is 13.6. The number of carboxylic acid groups (broad SMARTS) is 1. The van der Waals surface area contributed by atoms with Crippen molar-refractivity contribution in [2.24, 2.45) is 0 Å². The minimum absolute atomic E-state index is 0.000292. The van der Waals surface area contributed by atoms with Crippen molar-refractivity contribution >= 4 is 27.8 Å². The van der Waals surface area contributed by atoms with Gasteiger partial charge in [-0.05, 0) is 35.3 Å². The summed E-state index contributed by atoms with van der Waals surface area (Å²) in [6, 6.07) is 1.35. The van der Waals surface area contributed by atoms with Crippen molar-refractivity contribution in [2.75, 3.05) is 6.54 Å². The van der Waals surface area contributed by atoms with E-state index in [1.54, 1.807) is 0 Å². The van der Waals surface area contributed by atoms with Crippen LogP contribution in [0.3, 0.4) is 0 Å². The Bertz CT molecular complexity index is 660. The first kappa shape index (κ1) is 16.2. The van der Waals surface area contributed by atoms with Crippen LogP contribution in [0.1, 0.15) is 22.6 Å². The molecule has 2 aromatic heterocycles. The second kappa shape index (κ2) is 7.21. The predicted octanol–water partition coefficient (Wildman–Crippen LogP) is 1.06. The van der Waals surface area contributed by atoms with Gasteiger partial charge in [-0.1, -0.05) is 0 Å². The van der Waals surface area contributed by atoms with E-state index in [9.17, 15) is 9.59 Å². The largest absolute Gasteiger partial charge is 0.476 e. The van der Waals surface area contributed by atoms with Crippen LogP contribution in [0.25, 0.3) is 0 Å². The third-order valence-electron chi connectivity index (χ3n) is 2.94. The molecule has 0 radical (unpaired) electrons. The number of rotatable bonds is 7. The van der Waals surface area contributed by atoms with Crippen molar-refractivity contribution in [3.63, 3.8) is 0 Å². The summed E-state index contributed by atoms with van der Waals surface area (Å²) < 4.78 is 4.08. The van der Waals surface area contributed by atoms with Gasteiger partial charge in [-0.15, -0.1) is 0 Å². The topological polar surface area (TPSA) is 102 Å². The number of amides is 1. The van der Waals surface area contributed by atoms with Gasteiger partial charge in [-0.2, -0.15) is 10.2 Å². The van der Waals surface area contributed by atoms with Gasteiger partial charge in [0.05, 0.1) is 10.2 Å². The molecule has 0 saturated heterocycles. The minimum Gasteiger partial charge on any atom is -0.476 e. The molecule has 2 rings (SSSR count). The van der Waals surface area contributed by atoms with E-state index in [2.05, 4.69) is 31.4 Å². The number of aromatic carboxylic acids is 1. The zero-order valence-electron chi connectivity index (χ0n) is 12.0. The van der Waals surface area contributed by atoms with E-state index in [-0.39, 0.29) is 18.1 Å². The van der Waals surface area contributed by atoms with E-state index >= 15 is 0 Å². The van der Waals surface area contributed by atoms with Crippen molar-refractivity contribution < 1.29 is 14.7 Å². The summed E-state index contributed by atoms with van der Waals surface area (Å²) in [6.07, 6.45) is 4.11. The van der Waals surface area contributed by atoms with Crippen LogP contribution in [0.5, 0.6) is 0 Å². The Morgan fingerprint density at radius 2 is 2.14 bits per heavy atom. The summed E-state index contributed by atoms with van der Waals surface area (Å²) in [7, 11) is 0. The Morgan fingerprint density at radius 3 is 2.73 bits per heavy atom. The number of carboxylic acids is 1. The molecule has 118 valence electrons. The van der Waals surface area contributed by atoms with Gasteiger partial charge < -0.3 is 10.4 Å². The van der Waals surface area contributed by atoms with Crippen molar-refractivity contribution in [1.29, 1.82) is 0 Å². The van der Waals surface area contributed by atoms with Crippen molar-refractivity contribution in [1.82, 2.24) is 24.9 Å². The summed E-state index contributed by atoms with van der Waals surface area (Å²) >= 11 is 3.39. The Hall–Kier alpha value is -2.16. The minimum atomic E-state index is -1.11. The summed E-state index contributed by atoms with van der Waals surface area (Å²) in [4.78, 5) is 22.4. The molecule has 0 aliphatic heterocycles. The molecule has 2 heterocycles. The quantitative estimate of drug-likeness (QED) is 0.710. The molecular weight excluding hydrogens is 354 g/mol. The van der Waals surface area contributed by atoms with E-state index in [4.69, 9.17) is 5.11 Å². The number of hydrogen-bond acceptors (Lipinski definition) is 4. The van der Waals surface area contributed by atoms with Gasteiger partial charge in [0, 0.05) is 25.5 Å². The summed E-state index contributed by atoms with van der Waals surface area (Å²) in [6.45, 7) is 3.14. The zero-order chi connectivity index (χ0) is 16.1. The maximum Gasteiger partial charge on any atom is 0.356 e. The van der Waals surface area contributed by atoms with Gasteiger partial charge >= 0.3 is 5.97 Å². The molecule has 9 heteroatoms. The lowest BCUT2D eigenvalue weighted by molar-refractivity contribution is -0.121. The molecule has 0 atom stereocenters. The fourth-order valence-electron chi connectivity index (χ4n) is 1.84. The standard InChI is InChI=1S/C13H16BrN5O3/c1-9-10(14)7-18(16-9)5-2-4-15-12(20)8-19-6-3-11(17-19)13(21)22/h3,6-7H,2,4-5,8H2,1H3,(H,15,20)(H,21,22). The second-order valence-electron chi connectivity index (χ2n) is 4.73. The third-order valence-corrected chi connectivity index (χ3v) is 3.72. The fraction of sp³-hybridized carbons (Fsp3) is 0.385. The fourth-order valence-corrected chi connectivity index (χ4v) is 2.16. The molecule has 0 aliphatic carbocycles. The smallest absolute Gasteiger partial charge is 0.356 e. The molecule has 0 spiro atoms. The maximum absolute atomic E-state index is 11.7. The molecule has 8 nitrogen and oxygen atoms in total. The van der Waals surface area contributed by atoms with Crippen LogP contribution in [-0.4, -0.2) is 43.1 Å². The SMILES string of the molecule is Cc1nn(CCCNC(=O)Cn2ccc(C(=O)O)n2)cc1Br. The van der Waals surface area contributed by atoms with Crippen LogP contribution >= 0.6 is 15.9 Å². The van der Waals surface area contributed by atoms with E-state index in [1.165, 1.54) is 16.9 Å². The molecule has 22 heavy (non-hydrogen) atoms. The number of carbonyl (C=O) groups excluding carboxylic acids is 1. The summed E-state index contributed by atoms with van der Waals surface area (Å²) in [5, 5.41) is 19.6. The highest BCUT2D eigenvalue weighted by Gasteiger charge is 2.09. The van der Waals surface area contributed by atoms with Crippen LogP contribution in [0.4, 0.5) is 0 Å². The van der Waals surface area contributed by atoms with Crippen LogP contribution in [0.2, 0.25) is 0 Å². The van der Waals surface area contributed by atoms with Crippen molar-refractivity contribution in [2.45, 2.75) is 26.4 Å². The van der Waals surface area contributed by atoms with Crippen LogP contribution in [0.15, 0.2) is 22.9 Å². The van der Waals surface area contributed by atoms with Crippen LogP contribution < -0.4 is 5.32 Å². The van der Waals surface area contributed by atoms with Gasteiger partial charge in [-0.3, -0.25) is 14.2 Å². The molecule has 0 saturated carbocycles. The Labute approximate surface area is 135 Å². The summed E-state index contributed by atoms with van der Waals surface area (Å²) in [5.74, 6) is -1.32. The van der Waals surface area contributed by atoms with Crippen LogP contribution in [-0.2, 0) is 17.9 Å². The van der Waals surface area contributed by atoms with Gasteiger partial charge in [0.1, 0.15) is 6.54 Å². The number of aryl methyl sites for hydroxylation is 2. The van der Waals surface area contributed by atoms with E-state index in [1.807, 2.05) is 17.8 Å². The van der Waals surface area contributed by atoms with E-state index in [0.717, 1.165) is 16.6 Å². The van der Waals surface area contributed by atoms with Gasteiger partial charge in [0.15, 0.2) is 5.69 Å². The predicted molar refractivity (Wildman–Crippen MR) is 81.5 cm³/mol. The number of hydrogen-bond donors (Lipinski definition) is 2. The number of nitrogens with one attached hydrogen (secondary N) is 1. The number of halogens is 1. The number of nitrogens with zero attached hydrogens (tertiary/aromatic N) is 4. The normalized spacial score (nSPS) is 10.6. The highest BCUT2D eigenvalue weighted by atomic mass is 79.9. The maximum atomic E-state index is 11.7. The van der Waals surface area contributed by atoms with E-state index in [0.29, 0.717) is 13.1 Å². The highest BCUT2D eigenvalue weighted by Crippen LogP contribution is 2.13. The highest BCUT2D eigenvalue weighted by molar-refractivity contribution is 9.10. The molecule has 0 aliphatic rings. The third kappa shape index (κ3) is 4.42. The first-order valence-electron chi connectivity index (χ1n) is 6.68. The monoisotopic (exact) mass is 369 g/mol. The van der Waals surface area contributed by atoms with Gasteiger partial charge in [0.2, 0.25) is 5.91 Å². The molecule has 2 N–H and O–H groups in total. The molecule has 2 aromatic rings.